The van der Waals surface area contributed by atoms with Crippen molar-refractivity contribution in [3.8, 4) is 11.5 Å². The summed E-state index contributed by atoms with van der Waals surface area (Å²) in [6.07, 6.45) is 1.85. The summed E-state index contributed by atoms with van der Waals surface area (Å²) in [7, 11) is 4.16. The van der Waals surface area contributed by atoms with Crippen LogP contribution in [0.15, 0.2) is 24.3 Å². The summed E-state index contributed by atoms with van der Waals surface area (Å²) in [5, 5.41) is 3.28. The second-order valence-electron chi connectivity index (χ2n) is 8.73. The van der Waals surface area contributed by atoms with Crippen molar-refractivity contribution >= 4 is 5.69 Å². The van der Waals surface area contributed by atoms with Gasteiger partial charge in [0.2, 0.25) is 6.79 Å². The van der Waals surface area contributed by atoms with E-state index in [1.807, 2.05) is 13.1 Å². The van der Waals surface area contributed by atoms with Crippen LogP contribution in [-0.4, -0.2) is 46.7 Å². The van der Waals surface area contributed by atoms with E-state index in [0.29, 0.717) is 0 Å². The van der Waals surface area contributed by atoms with Gasteiger partial charge in [-0.3, -0.25) is 0 Å². The molecule has 166 valence electrons. The van der Waals surface area contributed by atoms with E-state index in [2.05, 4.69) is 49.3 Å². The fourth-order valence-electron chi connectivity index (χ4n) is 5.29. The predicted octanol–water partition coefficient (Wildman–Crippen LogP) is 3.70. The molecule has 3 atom stereocenters. The smallest absolute Gasteiger partial charge is 0.231 e. The molecule has 6 heteroatoms. The van der Waals surface area contributed by atoms with Crippen LogP contribution in [0.5, 0.6) is 11.5 Å². The third-order valence-corrected chi connectivity index (χ3v) is 6.98. The normalized spacial score (nSPS) is 22.6. The molecule has 0 bridgehead atoms. The van der Waals surface area contributed by atoms with E-state index >= 15 is 0 Å². The minimum Gasteiger partial charge on any atom is -0.454 e. The number of likely N-dealkylation sites (N-methyl/N-ethyl adjacent to an activating group) is 2. The molecule has 5 rings (SSSR count). The monoisotopic (exact) mass is 424 g/mol. The highest BCUT2D eigenvalue weighted by atomic mass is 16.7. The van der Waals surface area contributed by atoms with Crippen LogP contribution in [0.4, 0.5) is 5.69 Å². The molecule has 31 heavy (non-hydrogen) atoms. The number of aryl methyl sites for hydroxylation is 1. The lowest BCUT2D eigenvalue weighted by molar-refractivity contribution is 0.0250. The first-order chi connectivity index (χ1) is 15.1. The van der Waals surface area contributed by atoms with E-state index in [9.17, 15) is 0 Å². The highest BCUT2D eigenvalue weighted by molar-refractivity contribution is 5.61. The summed E-state index contributed by atoms with van der Waals surface area (Å²) < 4.78 is 24.0. The fourth-order valence-corrected chi connectivity index (χ4v) is 5.29. The number of hydrogen-bond acceptors (Lipinski definition) is 6. The topological polar surface area (TPSA) is 52.2 Å². The lowest BCUT2D eigenvalue weighted by Crippen LogP contribution is -2.39. The van der Waals surface area contributed by atoms with Gasteiger partial charge < -0.3 is 29.2 Å². The molecule has 0 radical (unpaired) electrons. The van der Waals surface area contributed by atoms with Crippen LogP contribution in [0, 0.1) is 6.92 Å². The summed E-state index contributed by atoms with van der Waals surface area (Å²) >= 11 is 0. The first-order valence-corrected chi connectivity index (χ1v) is 11.2. The van der Waals surface area contributed by atoms with Crippen molar-refractivity contribution in [3.05, 3.63) is 52.1 Å². The Hall–Kier alpha value is -2.28. The van der Waals surface area contributed by atoms with Crippen molar-refractivity contribution in [1.82, 2.24) is 5.32 Å². The molecule has 0 saturated carbocycles. The Balaban J connectivity index is 1.51. The zero-order valence-corrected chi connectivity index (χ0v) is 18.9. The van der Waals surface area contributed by atoms with Crippen LogP contribution in [0.3, 0.4) is 0 Å². The zero-order valence-electron chi connectivity index (χ0n) is 18.9. The lowest BCUT2D eigenvalue weighted by Gasteiger charge is -2.39. The molecule has 6 nitrogen and oxygen atoms in total. The number of rotatable bonds is 5. The fraction of sp³-hybridized carbons (Fsp3) is 0.520. The van der Waals surface area contributed by atoms with Gasteiger partial charge in [-0.2, -0.15) is 0 Å². The molecule has 3 aliphatic heterocycles. The third-order valence-electron chi connectivity index (χ3n) is 6.98. The van der Waals surface area contributed by atoms with Gasteiger partial charge in [-0.1, -0.05) is 12.1 Å². The van der Waals surface area contributed by atoms with E-state index in [0.717, 1.165) is 49.7 Å². The van der Waals surface area contributed by atoms with Crippen LogP contribution in [-0.2, 0) is 22.3 Å². The standard InChI is InChI=1S/C25H32N2O4/c1-15-5-7-19(18-10-12-28-21(13-26-3)22(15)18)27(4)16(2)24-23-17(9-11-29-24)6-8-20-25(23)31-14-30-20/h5-8,16,21,24,26H,9-14H2,1-4H3/t16-,21-,24+/m0/s1. The van der Waals surface area contributed by atoms with E-state index in [4.69, 9.17) is 18.9 Å². The number of fused-ring (bicyclic) bond motifs is 4. The Morgan fingerprint density at radius 2 is 1.90 bits per heavy atom. The number of benzene rings is 2. The van der Waals surface area contributed by atoms with E-state index < -0.39 is 0 Å². The van der Waals surface area contributed by atoms with E-state index in [-0.39, 0.29) is 25.0 Å². The van der Waals surface area contributed by atoms with Gasteiger partial charge in [-0.05, 0) is 68.1 Å². The van der Waals surface area contributed by atoms with Crippen molar-refractivity contribution < 1.29 is 18.9 Å². The number of anilines is 1. The second kappa shape index (κ2) is 8.34. The summed E-state index contributed by atoms with van der Waals surface area (Å²) in [6.45, 7) is 7.00. The number of hydrogen-bond donors (Lipinski definition) is 1. The van der Waals surface area contributed by atoms with Crippen molar-refractivity contribution in [2.24, 2.45) is 0 Å². The van der Waals surface area contributed by atoms with Crippen molar-refractivity contribution in [1.29, 1.82) is 0 Å². The second-order valence-corrected chi connectivity index (χ2v) is 8.73. The van der Waals surface area contributed by atoms with Gasteiger partial charge in [0.1, 0.15) is 6.10 Å². The van der Waals surface area contributed by atoms with Crippen LogP contribution in [0.2, 0.25) is 0 Å². The van der Waals surface area contributed by atoms with E-state index in [1.54, 1.807) is 0 Å². The largest absolute Gasteiger partial charge is 0.454 e. The molecule has 0 saturated heterocycles. The SMILES string of the molecule is CNC[C@@H]1OCCc2c(N(C)[C@@H](C)[C@H]3OCCc4ccc5c(c43)OCO5)ccc(C)c21. The molecule has 1 N–H and O–H groups in total. The predicted molar refractivity (Wildman–Crippen MR) is 120 cm³/mol. The minimum atomic E-state index is -0.0738. The van der Waals surface area contributed by atoms with Crippen LogP contribution in [0.25, 0.3) is 0 Å². The molecule has 0 amide bonds. The van der Waals surface area contributed by atoms with Crippen LogP contribution in [0.1, 0.15) is 46.9 Å². The Bertz CT molecular complexity index is 976. The molecule has 0 fully saturated rings. The molecule has 0 aliphatic carbocycles. The zero-order chi connectivity index (χ0) is 21.5. The van der Waals surface area contributed by atoms with Gasteiger partial charge in [-0.15, -0.1) is 0 Å². The van der Waals surface area contributed by atoms with E-state index in [1.165, 1.54) is 27.9 Å². The van der Waals surface area contributed by atoms with Crippen LogP contribution >= 0.6 is 0 Å². The highest BCUT2D eigenvalue weighted by Gasteiger charge is 2.36. The molecule has 3 aliphatic rings. The molecule has 0 unspecified atom stereocenters. The first-order valence-electron chi connectivity index (χ1n) is 11.2. The molecule has 0 spiro atoms. The maximum absolute atomic E-state index is 6.35. The summed E-state index contributed by atoms with van der Waals surface area (Å²) in [4.78, 5) is 2.37. The number of nitrogens with zero attached hydrogens (tertiary/aromatic N) is 1. The van der Waals surface area contributed by atoms with Crippen molar-refractivity contribution in [2.45, 2.75) is 44.9 Å². The van der Waals surface area contributed by atoms with Gasteiger partial charge in [0.05, 0.1) is 25.4 Å². The maximum Gasteiger partial charge on any atom is 0.231 e. The maximum atomic E-state index is 6.35. The Morgan fingerprint density at radius 1 is 1.06 bits per heavy atom. The van der Waals surface area contributed by atoms with Crippen molar-refractivity contribution in [3.63, 3.8) is 0 Å². The molecule has 3 heterocycles. The molecular formula is C25H32N2O4. The van der Waals surface area contributed by atoms with Gasteiger partial charge >= 0.3 is 0 Å². The number of nitrogens with one attached hydrogen (secondary N) is 1. The highest BCUT2D eigenvalue weighted by Crippen LogP contribution is 2.46. The minimum absolute atomic E-state index is 0.0738. The Kier molecular flexibility index (Phi) is 5.54. The average Bonchev–Trinajstić information content (AvgIpc) is 3.27. The number of ether oxygens (including phenoxy) is 4. The van der Waals surface area contributed by atoms with Gasteiger partial charge in [0.25, 0.3) is 0 Å². The quantitative estimate of drug-likeness (QED) is 0.790. The lowest BCUT2D eigenvalue weighted by atomic mass is 9.89. The van der Waals surface area contributed by atoms with Crippen LogP contribution < -0.4 is 19.7 Å². The van der Waals surface area contributed by atoms with Gasteiger partial charge in [0.15, 0.2) is 11.5 Å². The van der Waals surface area contributed by atoms with Gasteiger partial charge in [-0.25, -0.2) is 0 Å². The summed E-state index contributed by atoms with van der Waals surface area (Å²) in [5.74, 6) is 1.68. The Labute approximate surface area is 184 Å². The Morgan fingerprint density at radius 3 is 2.74 bits per heavy atom. The molecule has 0 aromatic heterocycles. The third kappa shape index (κ3) is 3.47. The first kappa shape index (κ1) is 20.6. The summed E-state index contributed by atoms with van der Waals surface area (Å²) in [5.41, 5.74) is 7.74. The molecular weight excluding hydrogens is 392 g/mol. The summed E-state index contributed by atoms with van der Waals surface area (Å²) in [6, 6.07) is 8.80. The molecule has 2 aromatic carbocycles. The average molecular weight is 425 g/mol. The van der Waals surface area contributed by atoms with Crippen molar-refractivity contribution in [2.75, 3.05) is 45.5 Å². The molecule has 2 aromatic rings. The van der Waals surface area contributed by atoms with Gasteiger partial charge in [0, 0.05) is 24.8 Å².